The van der Waals surface area contributed by atoms with Gasteiger partial charge in [0.15, 0.2) is 0 Å². The van der Waals surface area contributed by atoms with E-state index in [1.807, 2.05) is 18.2 Å². The van der Waals surface area contributed by atoms with E-state index in [0.717, 1.165) is 12.0 Å². The van der Waals surface area contributed by atoms with Crippen molar-refractivity contribution in [3.05, 3.63) is 35.4 Å². The molecule has 0 radical (unpaired) electrons. The molecule has 14 heavy (non-hydrogen) atoms. The average Bonchev–Trinajstić information content (AvgIpc) is 2.19. The fraction of sp³-hybridized carbons (Fsp3) is 0.500. The summed E-state index contributed by atoms with van der Waals surface area (Å²) >= 11 is 0. The van der Waals surface area contributed by atoms with Gasteiger partial charge in [-0.05, 0) is 31.4 Å². The van der Waals surface area contributed by atoms with Crippen LogP contribution in [-0.2, 0) is 6.42 Å². The molecule has 1 aromatic rings. The Morgan fingerprint density at radius 1 is 1.21 bits per heavy atom. The van der Waals surface area contributed by atoms with Crippen molar-refractivity contribution in [1.29, 1.82) is 0 Å². The van der Waals surface area contributed by atoms with Crippen LogP contribution < -0.4 is 0 Å². The maximum Gasteiger partial charge on any atom is 0.0764 e. The highest BCUT2D eigenvalue weighted by atomic mass is 16.3. The first-order valence-corrected chi connectivity index (χ1v) is 5.04. The molecule has 0 aliphatic carbocycles. The first-order valence-electron chi connectivity index (χ1n) is 5.04. The van der Waals surface area contributed by atoms with Crippen LogP contribution in [0.4, 0.5) is 0 Å². The van der Waals surface area contributed by atoms with E-state index in [1.165, 1.54) is 5.56 Å². The predicted octanol–water partition coefficient (Wildman–Crippen LogP) is 2.30. The number of hydrogen-bond donors (Lipinski definition) is 2. The number of aliphatic hydroxyl groups excluding tert-OH is 2. The SMILES string of the molecule is CCO.CCc1ccccc1C(C)O. The van der Waals surface area contributed by atoms with Crippen LogP contribution in [0.15, 0.2) is 24.3 Å². The normalized spacial score (nSPS) is 11.5. The van der Waals surface area contributed by atoms with Crippen molar-refractivity contribution in [2.75, 3.05) is 6.61 Å². The molecule has 0 aliphatic rings. The van der Waals surface area contributed by atoms with Crippen molar-refractivity contribution in [2.24, 2.45) is 0 Å². The first-order chi connectivity index (χ1) is 6.67. The third-order valence-corrected chi connectivity index (χ3v) is 1.89. The van der Waals surface area contributed by atoms with Crippen LogP contribution in [0.1, 0.15) is 38.0 Å². The first kappa shape index (κ1) is 13.1. The number of rotatable bonds is 2. The van der Waals surface area contributed by atoms with Gasteiger partial charge in [-0.25, -0.2) is 0 Å². The molecule has 0 spiro atoms. The zero-order valence-electron chi connectivity index (χ0n) is 9.20. The van der Waals surface area contributed by atoms with Crippen molar-refractivity contribution in [3.8, 4) is 0 Å². The van der Waals surface area contributed by atoms with E-state index < -0.39 is 0 Å². The Kier molecular flexibility index (Phi) is 7.07. The van der Waals surface area contributed by atoms with Crippen LogP contribution in [-0.4, -0.2) is 16.8 Å². The lowest BCUT2D eigenvalue weighted by atomic mass is 10.0. The van der Waals surface area contributed by atoms with E-state index in [4.69, 9.17) is 5.11 Å². The fourth-order valence-electron chi connectivity index (χ4n) is 1.26. The average molecular weight is 196 g/mol. The van der Waals surface area contributed by atoms with Gasteiger partial charge in [0.25, 0.3) is 0 Å². The quantitative estimate of drug-likeness (QED) is 0.762. The Balaban J connectivity index is 0.000000500. The minimum Gasteiger partial charge on any atom is -0.397 e. The summed E-state index contributed by atoms with van der Waals surface area (Å²) < 4.78 is 0. The molecule has 2 heteroatoms. The van der Waals surface area contributed by atoms with E-state index in [1.54, 1.807) is 13.8 Å². The van der Waals surface area contributed by atoms with Gasteiger partial charge in [-0.1, -0.05) is 31.2 Å². The van der Waals surface area contributed by atoms with Crippen molar-refractivity contribution in [2.45, 2.75) is 33.3 Å². The summed E-state index contributed by atoms with van der Waals surface area (Å²) in [6.45, 7) is 5.83. The number of hydrogen-bond acceptors (Lipinski definition) is 2. The van der Waals surface area contributed by atoms with Crippen molar-refractivity contribution >= 4 is 0 Å². The second kappa shape index (κ2) is 7.54. The van der Waals surface area contributed by atoms with Gasteiger partial charge >= 0.3 is 0 Å². The highest BCUT2D eigenvalue weighted by Crippen LogP contribution is 2.17. The van der Waals surface area contributed by atoms with Crippen LogP contribution in [0, 0.1) is 0 Å². The standard InChI is InChI=1S/C10H14O.C2H6O/c1-3-9-6-4-5-7-10(9)8(2)11;1-2-3/h4-8,11H,3H2,1-2H3;3H,2H2,1H3. The van der Waals surface area contributed by atoms with Gasteiger partial charge in [-0.15, -0.1) is 0 Å². The third-order valence-electron chi connectivity index (χ3n) is 1.89. The van der Waals surface area contributed by atoms with Gasteiger partial charge < -0.3 is 10.2 Å². The van der Waals surface area contributed by atoms with Crippen LogP contribution in [0.5, 0.6) is 0 Å². The van der Waals surface area contributed by atoms with Gasteiger partial charge in [-0.2, -0.15) is 0 Å². The molecule has 1 atom stereocenters. The Morgan fingerprint density at radius 3 is 2.07 bits per heavy atom. The highest BCUT2D eigenvalue weighted by molar-refractivity contribution is 5.28. The molecule has 0 fully saturated rings. The molecule has 0 saturated carbocycles. The van der Waals surface area contributed by atoms with Crippen LogP contribution in [0.25, 0.3) is 0 Å². The Labute approximate surface area is 86.2 Å². The minimum absolute atomic E-state index is 0.250. The lowest BCUT2D eigenvalue weighted by Gasteiger charge is -2.09. The zero-order chi connectivity index (χ0) is 11.0. The Hall–Kier alpha value is -0.860. The van der Waals surface area contributed by atoms with Crippen molar-refractivity contribution < 1.29 is 10.2 Å². The Morgan fingerprint density at radius 2 is 1.71 bits per heavy atom. The summed E-state index contributed by atoms with van der Waals surface area (Å²) in [7, 11) is 0. The van der Waals surface area contributed by atoms with E-state index >= 15 is 0 Å². The smallest absolute Gasteiger partial charge is 0.0764 e. The van der Waals surface area contributed by atoms with Gasteiger partial charge in [0.05, 0.1) is 6.10 Å². The maximum atomic E-state index is 9.34. The number of aryl methyl sites for hydroxylation is 1. The molecule has 1 rings (SSSR count). The molecule has 2 nitrogen and oxygen atoms in total. The molecule has 0 aliphatic heterocycles. The van der Waals surface area contributed by atoms with E-state index in [0.29, 0.717) is 0 Å². The highest BCUT2D eigenvalue weighted by Gasteiger charge is 2.03. The van der Waals surface area contributed by atoms with Crippen molar-refractivity contribution in [1.82, 2.24) is 0 Å². The van der Waals surface area contributed by atoms with Crippen LogP contribution >= 0.6 is 0 Å². The van der Waals surface area contributed by atoms with E-state index in [2.05, 4.69) is 13.0 Å². The molecule has 0 bridgehead atoms. The number of aliphatic hydroxyl groups is 2. The van der Waals surface area contributed by atoms with E-state index in [-0.39, 0.29) is 12.7 Å². The Bertz CT molecular complexity index is 244. The molecule has 1 aromatic carbocycles. The predicted molar refractivity (Wildman–Crippen MR) is 59.2 cm³/mol. The molecule has 80 valence electrons. The molecule has 0 heterocycles. The lowest BCUT2D eigenvalue weighted by Crippen LogP contribution is -1.96. The topological polar surface area (TPSA) is 40.5 Å². The molecule has 2 N–H and O–H groups in total. The molecule has 0 amide bonds. The molecule has 0 saturated heterocycles. The van der Waals surface area contributed by atoms with Gasteiger partial charge in [-0.3, -0.25) is 0 Å². The second-order valence-corrected chi connectivity index (χ2v) is 3.04. The van der Waals surface area contributed by atoms with Crippen LogP contribution in [0.3, 0.4) is 0 Å². The molecular weight excluding hydrogens is 176 g/mol. The van der Waals surface area contributed by atoms with Crippen molar-refractivity contribution in [3.63, 3.8) is 0 Å². The maximum absolute atomic E-state index is 9.34. The summed E-state index contributed by atoms with van der Waals surface area (Å²) in [6.07, 6.45) is 0.646. The van der Waals surface area contributed by atoms with Gasteiger partial charge in [0.1, 0.15) is 0 Å². The summed E-state index contributed by atoms with van der Waals surface area (Å²) in [5, 5.41) is 16.9. The molecule has 1 unspecified atom stereocenters. The summed E-state index contributed by atoms with van der Waals surface area (Å²) in [5.74, 6) is 0. The summed E-state index contributed by atoms with van der Waals surface area (Å²) in [5.41, 5.74) is 2.29. The van der Waals surface area contributed by atoms with E-state index in [9.17, 15) is 5.11 Å². The van der Waals surface area contributed by atoms with Gasteiger partial charge in [0.2, 0.25) is 0 Å². The monoisotopic (exact) mass is 196 g/mol. The van der Waals surface area contributed by atoms with Crippen LogP contribution in [0.2, 0.25) is 0 Å². The summed E-state index contributed by atoms with van der Waals surface area (Å²) in [6, 6.07) is 8.00. The molecular formula is C12H20O2. The lowest BCUT2D eigenvalue weighted by molar-refractivity contribution is 0.198. The zero-order valence-corrected chi connectivity index (χ0v) is 9.20. The second-order valence-electron chi connectivity index (χ2n) is 3.04. The number of benzene rings is 1. The largest absolute Gasteiger partial charge is 0.397 e. The third kappa shape index (κ3) is 4.40. The fourth-order valence-corrected chi connectivity index (χ4v) is 1.26. The minimum atomic E-state index is -0.342. The van der Waals surface area contributed by atoms with Gasteiger partial charge in [0, 0.05) is 6.61 Å². The summed E-state index contributed by atoms with van der Waals surface area (Å²) in [4.78, 5) is 0. The molecule has 0 aromatic heterocycles.